The molecular weight excluding hydrogens is 216 g/mol. The number of methoxy groups -OCH3 is 1. The lowest BCUT2D eigenvalue weighted by Crippen LogP contribution is -2.37. The number of ether oxygens (including phenoxy) is 1. The van der Waals surface area contributed by atoms with Gasteiger partial charge in [0.2, 0.25) is 0 Å². The van der Waals surface area contributed by atoms with E-state index in [0.717, 1.165) is 38.8 Å². The second-order valence-electron chi connectivity index (χ2n) is 5.32. The van der Waals surface area contributed by atoms with E-state index >= 15 is 0 Å². The summed E-state index contributed by atoms with van der Waals surface area (Å²) in [6.45, 7) is 5.75. The molecule has 0 spiro atoms. The van der Waals surface area contributed by atoms with Crippen LogP contribution in [0.4, 0.5) is 0 Å². The van der Waals surface area contributed by atoms with E-state index in [1.54, 1.807) is 0 Å². The van der Waals surface area contributed by atoms with Gasteiger partial charge in [-0.1, -0.05) is 0 Å². The summed E-state index contributed by atoms with van der Waals surface area (Å²) in [6.07, 6.45) is 3.78. The zero-order valence-corrected chi connectivity index (χ0v) is 11.0. The van der Waals surface area contributed by atoms with Crippen LogP contribution in [0.2, 0.25) is 0 Å². The summed E-state index contributed by atoms with van der Waals surface area (Å²) in [5, 5.41) is 8.93. The normalized spacial score (nSPS) is 21.2. The lowest BCUT2D eigenvalue weighted by molar-refractivity contribution is -0.145. The molecular formula is C13H22N2O2. The van der Waals surface area contributed by atoms with E-state index in [1.807, 2.05) is 13.8 Å². The number of carbonyl (C=O) groups is 1. The summed E-state index contributed by atoms with van der Waals surface area (Å²) >= 11 is 0. The van der Waals surface area contributed by atoms with E-state index in [4.69, 9.17) is 10.00 Å². The second kappa shape index (κ2) is 6.02. The van der Waals surface area contributed by atoms with E-state index < -0.39 is 0 Å². The van der Waals surface area contributed by atoms with Crippen molar-refractivity contribution < 1.29 is 9.53 Å². The number of nitriles is 1. The van der Waals surface area contributed by atoms with Crippen LogP contribution in [0.5, 0.6) is 0 Å². The number of likely N-dealkylation sites (tertiary alicyclic amines) is 1. The van der Waals surface area contributed by atoms with Crippen LogP contribution in [0.1, 0.15) is 39.5 Å². The van der Waals surface area contributed by atoms with Crippen LogP contribution in [0.15, 0.2) is 0 Å². The molecule has 1 unspecified atom stereocenters. The SMILES string of the molecule is COC(=O)C1CCCN1CCCC(C)(C)C#N. The van der Waals surface area contributed by atoms with Crippen LogP contribution < -0.4 is 0 Å². The number of nitrogens with zero attached hydrogens (tertiary/aromatic N) is 2. The summed E-state index contributed by atoms with van der Waals surface area (Å²) in [6, 6.07) is 2.24. The minimum atomic E-state index is -0.263. The topological polar surface area (TPSA) is 53.3 Å². The van der Waals surface area contributed by atoms with Crippen molar-refractivity contribution in [2.45, 2.75) is 45.6 Å². The predicted molar refractivity (Wildman–Crippen MR) is 65.2 cm³/mol. The van der Waals surface area contributed by atoms with Gasteiger partial charge in [-0.2, -0.15) is 5.26 Å². The fourth-order valence-electron chi connectivity index (χ4n) is 2.28. The molecule has 1 rings (SSSR count). The lowest BCUT2D eigenvalue weighted by atomic mass is 9.90. The van der Waals surface area contributed by atoms with Gasteiger partial charge in [0.15, 0.2) is 0 Å². The molecule has 0 aromatic rings. The maximum absolute atomic E-state index is 11.5. The smallest absolute Gasteiger partial charge is 0.323 e. The highest BCUT2D eigenvalue weighted by Crippen LogP contribution is 2.23. The number of rotatable bonds is 5. The summed E-state index contributed by atoms with van der Waals surface area (Å²) in [5.41, 5.74) is -0.263. The van der Waals surface area contributed by atoms with Crippen molar-refractivity contribution in [1.29, 1.82) is 5.26 Å². The Balaban J connectivity index is 2.37. The molecule has 1 aliphatic rings. The Bertz CT molecular complexity index is 307. The van der Waals surface area contributed by atoms with E-state index in [9.17, 15) is 4.79 Å². The summed E-state index contributed by atoms with van der Waals surface area (Å²) in [7, 11) is 1.44. The molecule has 1 aliphatic heterocycles. The number of esters is 1. The van der Waals surface area contributed by atoms with Crippen LogP contribution >= 0.6 is 0 Å². The number of hydrogen-bond donors (Lipinski definition) is 0. The first-order valence-corrected chi connectivity index (χ1v) is 6.23. The highest BCUT2D eigenvalue weighted by molar-refractivity contribution is 5.75. The van der Waals surface area contributed by atoms with Crippen LogP contribution in [-0.2, 0) is 9.53 Å². The van der Waals surface area contributed by atoms with Gasteiger partial charge >= 0.3 is 5.97 Å². The summed E-state index contributed by atoms with van der Waals surface area (Å²) < 4.78 is 4.80. The Hall–Kier alpha value is -1.08. The maximum atomic E-state index is 11.5. The third kappa shape index (κ3) is 4.01. The minimum Gasteiger partial charge on any atom is -0.468 e. The molecule has 0 bridgehead atoms. The second-order valence-corrected chi connectivity index (χ2v) is 5.32. The van der Waals surface area contributed by atoms with Crippen LogP contribution in [0.3, 0.4) is 0 Å². The Kier molecular flexibility index (Phi) is 4.95. The van der Waals surface area contributed by atoms with Crippen LogP contribution in [-0.4, -0.2) is 37.1 Å². The maximum Gasteiger partial charge on any atom is 0.323 e. The minimum absolute atomic E-state index is 0.0646. The quantitative estimate of drug-likeness (QED) is 0.687. The molecule has 0 aromatic heterocycles. The van der Waals surface area contributed by atoms with Crippen molar-refractivity contribution in [1.82, 2.24) is 4.90 Å². The van der Waals surface area contributed by atoms with E-state index in [1.165, 1.54) is 7.11 Å². The lowest BCUT2D eigenvalue weighted by Gasteiger charge is -2.23. The molecule has 1 atom stereocenters. The molecule has 0 aromatic carbocycles. The molecule has 4 nitrogen and oxygen atoms in total. The largest absolute Gasteiger partial charge is 0.468 e. The first-order valence-electron chi connectivity index (χ1n) is 6.23. The van der Waals surface area contributed by atoms with Gasteiger partial charge < -0.3 is 4.74 Å². The van der Waals surface area contributed by atoms with E-state index in [2.05, 4.69) is 11.0 Å². The van der Waals surface area contributed by atoms with Crippen molar-refractivity contribution in [2.75, 3.05) is 20.2 Å². The fourth-order valence-corrected chi connectivity index (χ4v) is 2.28. The molecule has 4 heteroatoms. The third-order valence-electron chi connectivity index (χ3n) is 3.39. The van der Waals surface area contributed by atoms with Crippen molar-refractivity contribution in [3.8, 4) is 6.07 Å². The Labute approximate surface area is 104 Å². The van der Waals surface area contributed by atoms with Gasteiger partial charge in [-0.05, 0) is 52.6 Å². The fraction of sp³-hybridized carbons (Fsp3) is 0.846. The van der Waals surface area contributed by atoms with E-state index in [0.29, 0.717) is 0 Å². The van der Waals surface area contributed by atoms with Crippen molar-refractivity contribution in [2.24, 2.45) is 5.41 Å². The van der Waals surface area contributed by atoms with Gasteiger partial charge in [-0.15, -0.1) is 0 Å². The average Bonchev–Trinajstić information content (AvgIpc) is 2.76. The predicted octanol–water partition coefficient (Wildman–Crippen LogP) is 1.95. The highest BCUT2D eigenvalue weighted by Gasteiger charge is 2.31. The molecule has 1 fully saturated rings. The first kappa shape index (κ1) is 14.0. The van der Waals surface area contributed by atoms with Crippen molar-refractivity contribution in [3.05, 3.63) is 0 Å². The number of carbonyl (C=O) groups excluding carboxylic acids is 1. The Morgan fingerprint density at radius 2 is 2.29 bits per heavy atom. The monoisotopic (exact) mass is 238 g/mol. The van der Waals surface area contributed by atoms with E-state index in [-0.39, 0.29) is 17.4 Å². The van der Waals surface area contributed by atoms with Gasteiger partial charge in [0.1, 0.15) is 6.04 Å². The Morgan fingerprint density at radius 1 is 1.59 bits per heavy atom. The van der Waals surface area contributed by atoms with Crippen LogP contribution in [0, 0.1) is 16.7 Å². The molecule has 1 heterocycles. The van der Waals surface area contributed by atoms with Gasteiger partial charge in [-0.25, -0.2) is 0 Å². The standard InChI is InChI=1S/C13H22N2O2/c1-13(2,10-14)7-5-9-15-8-4-6-11(15)12(16)17-3/h11H,4-9H2,1-3H3. The average molecular weight is 238 g/mol. The first-order chi connectivity index (χ1) is 8.00. The zero-order chi connectivity index (χ0) is 12.9. The molecule has 0 aliphatic carbocycles. The van der Waals surface area contributed by atoms with Gasteiger partial charge in [-0.3, -0.25) is 9.69 Å². The summed E-state index contributed by atoms with van der Waals surface area (Å²) in [4.78, 5) is 13.7. The Morgan fingerprint density at radius 3 is 2.88 bits per heavy atom. The zero-order valence-electron chi connectivity index (χ0n) is 11.0. The highest BCUT2D eigenvalue weighted by atomic mass is 16.5. The molecule has 0 saturated carbocycles. The molecule has 17 heavy (non-hydrogen) atoms. The summed E-state index contributed by atoms with van der Waals surface area (Å²) in [5.74, 6) is -0.123. The van der Waals surface area contributed by atoms with Crippen molar-refractivity contribution in [3.63, 3.8) is 0 Å². The van der Waals surface area contributed by atoms with Gasteiger partial charge in [0, 0.05) is 0 Å². The molecule has 1 saturated heterocycles. The van der Waals surface area contributed by atoms with Gasteiger partial charge in [0.05, 0.1) is 18.6 Å². The van der Waals surface area contributed by atoms with Crippen molar-refractivity contribution >= 4 is 5.97 Å². The molecule has 0 N–H and O–H groups in total. The molecule has 96 valence electrons. The van der Waals surface area contributed by atoms with Crippen LogP contribution in [0.25, 0.3) is 0 Å². The molecule has 0 amide bonds. The van der Waals surface area contributed by atoms with Gasteiger partial charge in [0.25, 0.3) is 0 Å². The molecule has 0 radical (unpaired) electrons. The number of hydrogen-bond acceptors (Lipinski definition) is 4. The third-order valence-corrected chi connectivity index (χ3v) is 3.39.